The molecular weight excluding hydrogens is 180 g/mol. The maximum atomic E-state index is 10.9. The number of carbonyl (C=O) groups is 1. The van der Waals surface area contributed by atoms with Crippen LogP contribution in [-0.4, -0.2) is 35.6 Å². The summed E-state index contributed by atoms with van der Waals surface area (Å²) in [6, 6.07) is 1.57. The van der Waals surface area contributed by atoms with Crippen molar-refractivity contribution in [3.8, 4) is 6.07 Å². The Balaban J connectivity index is 4.05. The fraction of sp³-hybridized carbons (Fsp3) is 0.800. The van der Waals surface area contributed by atoms with Gasteiger partial charge in [0.15, 0.2) is 0 Å². The van der Waals surface area contributed by atoms with E-state index in [0.717, 1.165) is 12.8 Å². The summed E-state index contributed by atoms with van der Waals surface area (Å²) < 4.78 is 0. The molecule has 0 bridgehead atoms. The molecule has 4 heteroatoms. The summed E-state index contributed by atoms with van der Waals surface area (Å²) in [4.78, 5) is 12.6. The quantitative estimate of drug-likeness (QED) is 0.673. The van der Waals surface area contributed by atoms with Crippen LogP contribution in [-0.2, 0) is 4.79 Å². The fourth-order valence-electron chi connectivity index (χ4n) is 1.31. The highest BCUT2D eigenvalue weighted by Gasteiger charge is 2.20. The van der Waals surface area contributed by atoms with E-state index in [0.29, 0.717) is 19.4 Å². The first-order valence-corrected chi connectivity index (χ1v) is 4.93. The van der Waals surface area contributed by atoms with Crippen LogP contribution in [0.15, 0.2) is 0 Å². The number of unbranched alkanes of at least 4 members (excludes halogenated alkanes) is 1. The zero-order valence-electron chi connectivity index (χ0n) is 8.86. The maximum absolute atomic E-state index is 10.9. The van der Waals surface area contributed by atoms with Gasteiger partial charge < -0.3 is 5.11 Å². The molecule has 80 valence electrons. The fourth-order valence-corrected chi connectivity index (χ4v) is 1.31. The van der Waals surface area contributed by atoms with E-state index < -0.39 is 12.0 Å². The van der Waals surface area contributed by atoms with Crippen LogP contribution in [0, 0.1) is 11.3 Å². The van der Waals surface area contributed by atoms with E-state index in [1.54, 1.807) is 11.9 Å². The second kappa shape index (κ2) is 7.34. The van der Waals surface area contributed by atoms with Gasteiger partial charge in [0, 0.05) is 13.0 Å². The Morgan fingerprint density at radius 2 is 2.29 bits per heavy atom. The van der Waals surface area contributed by atoms with Crippen LogP contribution in [0.2, 0.25) is 0 Å². The van der Waals surface area contributed by atoms with Gasteiger partial charge >= 0.3 is 5.97 Å². The number of likely N-dealkylation sites (N-methyl/N-ethyl adjacent to an activating group) is 1. The van der Waals surface area contributed by atoms with E-state index in [2.05, 4.69) is 0 Å². The van der Waals surface area contributed by atoms with Crippen LogP contribution < -0.4 is 0 Å². The van der Waals surface area contributed by atoms with E-state index >= 15 is 0 Å². The predicted octanol–water partition coefficient (Wildman–Crippen LogP) is 1.48. The second-order valence-electron chi connectivity index (χ2n) is 3.38. The predicted molar refractivity (Wildman–Crippen MR) is 53.8 cm³/mol. The molecule has 0 aliphatic rings. The van der Waals surface area contributed by atoms with Crippen molar-refractivity contribution < 1.29 is 9.90 Å². The number of hydrogen-bond donors (Lipinski definition) is 1. The molecule has 1 unspecified atom stereocenters. The summed E-state index contributed by atoms with van der Waals surface area (Å²) in [7, 11) is 1.76. The molecule has 0 amide bonds. The lowest BCUT2D eigenvalue weighted by Crippen LogP contribution is -2.38. The van der Waals surface area contributed by atoms with Crippen molar-refractivity contribution in [2.45, 2.75) is 38.6 Å². The first-order valence-electron chi connectivity index (χ1n) is 4.93. The number of rotatable bonds is 7. The summed E-state index contributed by atoms with van der Waals surface area (Å²) in [6.07, 6.45) is 2.95. The van der Waals surface area contributed by atoms with E-state index in [1.807, 2.05) is 13.0 Å². The lowest BCUT2D eigenvalue weighted by Gasteiger charge is -2.23. The van der Waals surface area contributed by atoms with Crippen LogP contribution in [0.25, 0.3) is 0 Å². The molecule has 0 saturated carbocycles. The number of carboxylic acid groups (broad SMARTS) is 1. The van der Waals surface area contributed by atoms with Crippen molar-refractivity contribution in [2.75, 3.05) is 13.6 Å². The van der Waals surface area contributed by atoms with Gasteiger partial charge in [-0.15, -0.1) is 0 Å². The van der Waals surface area contributed by atoms with Crippen molar-refractivity contribution in [1.82, 2.24) is 4.90 Å². The second-order valence-corrected chi connectivity index (χ2v) is 3.38. The Hall–Kier alpha value is -1.08. The average molecular weight is 198 g/mol. The first-order chi connectivity index (χ1) is 6.63. The minimum absolute atomic E-state index is 0.381. The largest absolute Gasteiger partial charge is 0.480 e. The van der Waals surface area contributed by atoms with E-state index in [9.17, 15) is 4.79 Å². The van der Waals surface area contributed by atoms with Crippen LogP contribution in [0.5, 0.6) is 0 Å². The third-order valence-electron chi connectivity index (χ3n) is 2.22. The van der Waals surface area contributed by atoms with E-state index in [4.69, 9.17) is 10.4 Å². The lowest BCUT2D eigenvalue weighted by molar-refractivity contribution is -0.143. The van der Waals surface area contributed by atoms with Crippen LogP contribution >= 0.6 is 0 Å². The van der Waals surface area contributed by atoms with Crippen molar-refractivity contribution in [1.29, 1.82) is 5.26 Å². The average Bonchev–Trinajstić information content (AvgIpc) is 2.14. The highest BCUT2D eigenvalue weighted by molar-refractivity contribution is 5.73. The summed E-state index contributed by atoms with van der Waals surface area (Å²) in [5.41, 5.74) is 0. The van der Waals surface area contributed by atoms with Gasteiger partial charge in [-0.25, -0.2) is 0 Å². The minimum Gasteiger partial charge on any atom is -0.480 e. The van der Waals surface area contributed by atoms with Gasteiger partial charge in [-0.3, -0.25) is 9.69 Å². The van der Waals surface area contributed by atoms with Gasteiger partial charge in [0.2, 0.25) is 0 Å². The smallest absolute Gasteiger partial charge is 0.320 e. The molecule has 0 aromatic carbocycles. The Kier molecular flexibility index (Phi) is 6.77. The molecule has 0 rings (SSSR count). The van der Waals surface area contributed by atoms with Gasteiger partial charge in [0.1, 0.15) is 6.04 Å². The van der Waals surface area contributed by atoms with Gasteiger partial charge in [0.25, 0.3) is 0 Å². The molecule has 0 aromatic heterocycles. The SMILES string of the molecule is CCCCC(C(=O)O)N(C)CCC#N. The van der Waals surface area contributed by atoms with Crippen molar-refractivity contribution in [2.24, 2.45) is 0 Å². The summed E-state index contributed by atoms with van der Waals surface area (Å²) in [5.74, 6) is -0.793. The zero-order chi connectivity index (χ0) is 11.0. The third kappa shape index (κ3) is 4.83. The van der Waals surface area contributed by atoms with Gasteiger partial charge in [-0.05, 0) is 13.5 Å². The van der Waals surface area contributed by atoms with Crippen LogP contribution in [0.3, 0.4) is 0 Å². The number of aliphatic carboxylic acids is 1. The first kappa shape index (κ1) is 12.9. The molecule has 0 heterocycles. The molecule has 0 aliphatic carbocycles. The normalized spacial score (nSPS) is 12.4. The summed E-state index contributed by atoms with van der Waals surface area (Å²) in [5, 5.41) is 17.3. The standard InChI is InChI=1S/C10H18N2O2/c1-3-4-6-9(10(13)14)12(2)8-5-7-11/h9H,3-6,8H2,1-2H3,(H,13,14). The molecule has 0 saturated heterocycles. The molecule has 0 fully saturated rings. The van der Waals surface area contributed by atoms with Gasteiger partial charge in [-0.1, -0.05) is 19.8 Å². The highest BCUT2D eigenvalue weighted by Crippen LogP contribution is 2.07. The molecule has 0 aromatic rings. The maximum Gasteiger partial charge on any atom is 0.320 e. The Labute approximate surface area is 85.1 Å². The minimum atomic E-state index is -0.793. The molecule has 0 aliphatic heterocycles. The monoisotopic (exact) mass is 198 g/mol. The highest BCUT2D eigenvalue weighted by atomic mass is 16.4. The Bertz CT molecular complexity index is 211. The molecule has 0 spiro atoms. The topological polar surface area (TPSA) is 64.3 Å². The lowest BCUT2D eigenvalue weighted by atomic mass is 10.1. The summed E-state index contributed by atoms with van der Waals surface area (Å²) in [6.45, 7) is 2.56. The Morgan fingerprint density at radius 3 is 2.71 bits per heavy atom. The van der Waals surface area contributed by atoms with Gasteiger partial charge in [0.05, 0.1) is 6.07 Å². The molecular formula is C10H18N2O2. The van der Waals surface area contributed by atoms with Crippen molar-refractivity contribution >= 4 is 5.97 Å². The Morgan fingerprint density at radius 1 is 1.64 bits per heavy atom. The number of hydrogen-bond acceptors (Lipinski definition) is 3. The zero-order valence-corrected chi connectivity index (χ0v) is 8.86. The van der Waals surface area contributed by atoms with E-state index in [-0.39, 0.29) is 0 Å². The van der Waals surface area contributed by atoms with Crippen molar-refractivity contribution in [3.63, 3.8) is 0 Å². The van der Waals surface area contributed by atoms with Gasteiger partial charge in [-0.2, -0.15) is 5.26 Å². The number of nitriles is 1. The van der Waals surface area contributed by atoms with E-state index in [1.165, 1.54) is 0 Å². The number of nitrogens with zero attached hydrogens (tertiary/aromatic N) is 2. The van der Waals surface area contributed by atoms with Crippen molar-refractivity contribution in [3.05, 3.63) is 0 Å². The van der Waals surface area contributed by atoms with Crippen LogP contribution in [0.4, 0.5) is 0 Å². The summed E-state index contributed by atoms with van der Waals surface area (Å²) >= 11 is 0. The molecule has 4 nitrogen and oxygen atoms in total. The van der Waals surface area contributed by atoms with Crippen LogP contribution in [0.1, 0.15) is 32.6 Å². The third-order valence-corrected chi connectivity index (χ3v) is 2.22. The number of carboxylic acids is 1. The molecule has 0 radical (unpaired) electrons. The molecule has 1 atom stereocenters. The molecule has 14 heavy (non-hydrogen) atoms. The molecule has 1 N–H and O–H groups in total.